The van der Waals surface area contributed by atoms with Crippen LogP contribution in [0.5, 0.6) is 0 Å². The highest BCUT2D eigenvalue weighted by atomic mass is 32.1. The van der Waals surface area contributed by atoms with Crippen molar-refractivity contribution in [1.29, 1.82) is 5.26 Å². The molecule has 1 aromatic carbocycles. The quantitative estimate of drug-likeness (QED) is 0.816. The average Bonchev–Trinajstić information content (AvgIpc) is 2.83. The van der Waals surface area contributed by atoms with E-state index in [9.17, 15) is 0 Å². The van der Waals surface area contributed by atoms with E-state index >= 15 is 0 Å². The molecule has 0 saturated carbocycles. The second kappa shape index (κ2) is 5.99. The maximum Gasteiger partial charge on any atom is 0.123 e. The Kier molecular flexibility index (Phi) is 4.34. The number of nitriles is 1. The molecule has 0 amide bonds. The predicted octanol–water partition coefficient (Wildman–Crippen LogP) is 4.56. The molecule has 0 spiro atoms. The van der Waals surface area contributed by atoms with Gasteiger partial charge in [0.2, 0.25) is 0 Å². The molecule has 0 radical (unpaired) electrons. The minimum Gasteiger partial charge on any atom is -0.241 e. The Balaban J connectivity index is 2.39. The number of hydrogen-bond donors (Lipinski definition) is 0. The number of aromatic nitrogens is 1. The van der Waals surface area contributed by atoms with Gasteiger partial charge in [-0.25, -0.2) is 4.98 Å². The molecule has 3 heteroatoms. The third-order valence-corrected chi connectivity index (χ3v) is 4.24. The summed E-state index contributed by atoms with van der Waals surface area (Å²) in [5.41, 5.74) is 3.55. The standard InChI is InChI=1S/C16H18N2S/c1-4-12-5-7-13(8-6-12)16-18-15(11(2)3)14(19-16)9-10-17/h5-8,11H,4,9H2,1-3H3. The number of benzene rings is 1. The lowest BCUT2D eigenvalue weighted by Crippen LogP contribution is -1.92. The summed E-state index contributed by atoms with van der Waals surface area (Å²) in [6.07, 6.45) is 1.51. The van der Waals surface area contributed by atoms with E-state index in [2.05, 4.69) is 51.1 Å². The molecule has 2 rings (SSSR count). The summed E-state index contributed by atoms with van der Waals surface area (Å²) in [6.45, 7) is 6.40. The number of nitrogens with zero attached hydrogens (tertiary/aromatic N) is 2. The van der Waals surface area contributed by atoms with Gasteiger partial charge in [-0.2, -0.15) is 5.26 Å². The zero-order chi connectivity index (χ0) is 13.8. The van der Waals surface area contributed by atoms with Crippen LogP contribution in [0.1, 0.15) is 42.8 Å². The van der Waals surface area contributed by atoms with Gasteiger partial charge >= 0.3 is 0 Å². The summed E-state index contributed by atoms with van der Waals surface area (Å²) >= 11 is 1.65. The molecule has 2 aromatic rings. The third-order valence-electron chi connectivity index (χ3n) is 3.12. The molecule has 1 heterocycles. The minimum atomic E-state index is 0.364. The molecule has 0 aliphatic carbocycles. The zero-order valence-corrected chi connectivity index (χ0v) is 12.4. The summed E-state index contributed by atoms with van der Waals surface area (Å²) < 4.78 is 0. The lowest BCUT2D eigenvalue weighted by atomic mass is 10.1. The van der Waals surface area contributed by atoms with Gasteiger partial charge in [0.15, 0.2) is 0 Å². The van der Waals surface area contributed by atoms with Crippen LogP contribution < -0.4 is 0 Å². The first-order chi connectivity index (χ1) is 9.15. The molecular weight excluding hydrogens is 252 g/mol. The lowest BCUT2D eigenvalue weighted by Gasteiger charge is -2.01. The Morgan fingerprint density at radius 3 is 2.47 bits per heavy atom. The molecule has 0 bridgehead atoms. The van der Waals surface area contributed by atoms with Crippen LogP contribution in [-0.4, -0.2) is 4.98 Å². The van der Waals surface area contributed by atoms with Crippen LogP contribution in [0.4, 0.5) is 0 Å². The van der Waals surface area contributed by atoms with Gasteiger partial charge in [0.05, 0.1) is 18.2 Å². The van der Waals surface area contributed by atoms with Crippen LogP contribution in [-0.2, 0) is 12.8 Å². The summed E-state index contributed by atoms with van der Waals surface area (Å²) in [6, 6.07) is 10.8. The largest absolute Gasteiger partial charge is 0.241 e. The van der Waals surface area contributed by atoms with E-state index in [1.807, 2.05) is 0 Å². The molecule has 2 nitrogen and oxygen atoms in total. The Morgan fingerprint density at radius 2 is 1.95 bits per heavy atom. The second-order valence-electron chi connectivity index (χ2n) is 4.87. The molecular formula is C16H18N2S. The summed E-state index contributed by atoms with van der Waals surface area (Å²) in [5.74, 6) is 0.364. The highest BCUT2D eigenvalue weighted by molar-refractivity contribution is 7.15. The zero-order valence-electron chi connectivity index (χ0n) is 11.6. The first-order valence-electron chi connectivity index (χ1n) is 6.61. The molecule has 0 unspecified atom stereocenters. The van der Waals surface area contributed by atoms with Gasteiger partial charge in [-0.1, -0.05) is 45.0 Å². The maximum atomic E-state index is 8.90. The smallest absolute Gasteiger partial charge is 0.123 e. The van der Waals surface area contributed by atoms with E-state index in [0.29, 0.717) is 12.3 Å². The van der Waals surface area contributed by atoms with Crippen LogP contribution in [0.3, 0.4) is 0 Å². The van der Waals surface area contributed by atoms with E-state index in [4.69, 9.17) is 10.2 Å². The topological polar surface area (TPSA) is 36.7 Å². The number of rotatable bonds is 4. The Bertz CT molecular complexity index is 588. The van der Waals surface area contributed by atoms with Gasteiger partial charge in [-0.15, -0.1) is 11.3 Å². The number of aryl methyl sites for hydroxylation is 1. The summed E-state index contributed by atoms with van der Waals surface area (Å²) in [5, 5.41) is 9.93. The van der Waals surface area contributed by atoms with Crippen molar-refractivity contribution in [1.82, 2.24) is 4.98 Å². The van der Waals surface area contributed by atoms with Gasteiger partial charge < -0.3 is 0 Å². The molecule has 0 fully saturated rings. The monoisotopic (exact) mass is 270 g/mol. The summed E-state index contributed by atoms with van der Waals surface area (Å²) in [4.78, 5) is 5.83. The van der Waals surface area contributed by atoms with E-state index in [1.165, 1.54) is 5.56 Å². The van der Waals surface area contributed by atoms with E-state index in [0.717, 1.165) is 27.6 Å². The Hall–Kier alpha value is -1.66. The van der Waals surface area contributed by atoms with Crippen molar-refractivity contribution in [2.45, 2.75) is 39.5 Å². The van der Waals surface area contributed by atoms with Gasteiger partial charge in [-0.3, -0.25) is 0 Å². The second-order valence-corrected chi connectivity index (χ2v) is 5.95. The summed E-state index contributed by atoms with van der Waals surface area (Å²) in [7, 11) is 0. The van der Waals surface area contributed by atoms with Crippen LogP contribution in [0.15, 0.2) is 24.3 Å². The third kappa shape index (κ3) is 3.02. The fourth-order valence-electron chi connectivity index (χ4n) is 2.02. The predicted molar refractivity (Wildman–Crippen MR) is 80.3 cm³/mol. The molecule has 0 N–H and O–H groups in total. The molecule has 19 heavy (non-hydrogen) atoms. The average molecular weight is 270 g/mol. The fourth-order valence-corrected chi connectivity index (χ4v) is 3.17. The number of hydrogen-bond acceptors (Lipinski definition) is 3. The molecule has 98 valence electrons. The van der Waals surface area contributed by atoms with Crippen LogP contribution in [0.25, 0.3) is 10.6 Å². The Morgan fingerprint density at radius 1 is 1.26 bits per heavy atom. The number of thiazole rings is 1. The highest BCUT2D eigenvalue weighted by Gasteiger charge is 2.14. The van der Waals surface area contributed by atoms with Gasteiger partial charge in [0, 0.05) is 10.4 Å². The van der Waals surface area contributed by atoms with Gasteiger partial charge in [0.25, 0.3) is 0 Å². The molecule has 0 aliphatic heterocycles. The molecule has 0 aliphatic rings. The highest BCUT2D eigenvalue weighted by Crippen LogP contribution is 2.32. The van der Waals surface area contributed by atoms with Crippen LogP contribution in [0, 0.1) is 11.3 Å². The normalized spacial score (nSPS) is 10.7. The minimum absolute atomic E-state index is 0.364. The molecule has 0 atom stereocenters. The van der Waals surface area contributed by atoms with Crippen molar-refractivity contribution in [2.24, 2.45) is 0 Å². The van der Waals surface area contributed by atoms with Crippen molar-refractivity contribution in [3.05, 3.63) is 40.4 Å². The van der Waals surface area contributed by atoms with Gasteiger partial charge in [0.1, 0.15) is 5.01 Å². The van der Waals surface area contributed by atoms with Crippen molar-refractivity contribution in [3.63, 3.8) is 0 Å². The lowest BCUT2D eigenvalue weighted by molar-refractivity contribution is 0.822. The SMILES string of the molecule is CCc1ccc(-c2nc(C(C)C)c(CC#N)s2)cc1. The first-order valence-corrected chi connectivity index (χ1v) is 7.43. The van der Waals surface area contributed by atoms with Crippen LogP contribution in [0.2, 0.25) is 0 Å². The first kappa shape index (κ1) is 13.8. The van der Waals surface area contributed by atoms with Crippen molar-refractivity contribution in [3.8, 4) is 16.6 Å². The van der Waals surface area contributed by atoms with E-state index in [1.54, 1.807) is 11.3 Å². The van der Waals surface area contributed by atoms with Crippen molar-refractivity contribution < 1.29 is 0 Å². The van der Waals surface area contributed by atoms with Crippen molar-refractivity contribution >= 4 is 11.3 Å². The van der Waals surface area contributed by atoms with Gasteiger partial charge in [-0.05, 0) is 17.9 Å². The maximum absolute atomic E-state index is 8.90. The molecule has 1 aromatic heterocycles. The fraction of sp³-hybridized carbons (Fsp3) is 0.375. The van der Waals surface area contributed by atoms with E-state index in [-0.39, 0.29) is 0 Å². The van der Waals surface area contributed by atoms with E-state index < -0.39 is 0 Å². The Labute approximate surface area is 118 Å². The molecule has 0 saturated heterocycles. The van der Waals surface area contributed by atoms with Crippen LogP contribution >= 0.6 is 11.3 Å². The van der Waals surface area contributed by atoms with Crippen molar-refractivity contribution in [2.75, 3.05) is 0 Å².